The third-order valence-electron chi connectivity index (χ3n) is 2.62. The van der Waals surface area contributed by atoms with Crippen LogP contribution in [-0.4, -0.2) is 17.4 Å². The Morgan fingerprint density at radius 1 is 1.40 bits per heavy atom. The van der Waals surface area contributed by atoms with Crippen LogP contribution in [0.15, 0.2) is 30.9 Å². The molecule has 1 rings (SSSR count). The van der Waals surface area contributed by atoms with Crippen LogP contribution in [0.3, 0.4) is 0 Å². The van der Waals surface area contributed by atoms with E-state index in [4.69, 9.17) is 9.47 Å². The second kappa shape index (κ2) is 8.38. The first-order valence-corrected chi connectivity index (χ1v) is 6.83. The van der Waals surface area contributed by atoms with Crippen LogP contribution in [0.1, 0.15) is 38.2 Å². The maximum Gasteiger partial charge on any atom is 0.311 e. The summed E-state index contributed by atoms with van der Waals surface area (Å²) in [5.41, 5.74) is 0.901. The molecule has 0 aromatic heterocycles. The van der Waals surface area contributed by atoms with Gasteiger partial charge in [-0.25, -0.2) is 0 Å². The van der Waals surface area contributed by atoms with Gasteiger partial charge >= 0.3 is 5.97 Å². The summed E-state index contributed by atoms with van der Waals surface area (Å²) >= 11 is 0. The Kier molecular flexibility index (Phi) is 6.81. The molecule has 1 aromatic rings. The van der Waals surface area contributed by atoms with Crippen molar-refractivity contribution in [3.63, 3.8) is 0 Å². The summed E-state index contributed by atoms with van der Waals surface area (Å²) in [6.07, 6.45) is 3.10. The average molecular weight is 278 g/mol. The number of allylic oxidation sites excluding steroid dienone is 1. The van der Waals surface area contributed by atoms with E-state index in [1.165, 1.54) is 0 Å². The van der Waals surface area contributed by atoms with Crippen LogP contribution in [0.25, 0.3) is 0 Å². The van der Waals surface area contributed by atoms with Gasteiger partial charge in [-0.15, -0.1) is 6.58 Å². The van der Waals surface area contributed by atoms with Crippen molar-refractivity contribution < 1.29 is 19.4 Å². The molecule has 0 aliphatic carbocycles. The molecule has 20 heavy (non-hydrogen) atoms. The van der Waals surface area contributed by atoms with Crippen molar-refractivity contribution in [3.05, 3.63) is 36.4 Å². The zero-order valence-corrected chi connectivity index (χ0v) is 12.1. The Labute approximate surface area is 120 Å². The number of carbonyl (C=O) groups is 1. The van der Waals surface area contributed by atoms with E-state index in [-0.39, 0.29) is 5.97 Å². The van der Waals surface area contributed by atoms with Gasteiger partial charge in [0.25, 0.3) is 0 Å². The van der Waals surface area contributed by atoms with Crippen molar-refractivity contribution in [1.82, 2.24) is 0 Å². The van der Waals surface area contributed by atoms with Crippen LogP contribution in [0.5, 0.6) is 11.5 Å². The second-order valence-corrected chi connectivity index (χ2v) is 4.64. The SMILES string of the molecule is C=CCCC(=O)Oc1cc(C)cc(OC(O)CCC)c1. The van der Waals surface area contributed by atoms with Crippen LogP contribution in [0.2, 0.25) is 0 Å². The number of aliphatic hydroxyl groups is 1. The molecule has 1 unspecified atom stereocenters. The molecule has 1 aromatic carbocycles. The number of hydrogen-bond donors (Lipinski definition) is 1. The Hall–Kier alpha value is -1.81. The topological polar surface area (TPSA) is 55.8 Å². The second-order valence-electron chi connectivity index (χ2n) is 4.64. The third-order valence-corrected chi connectivity index (χ3v) is 2.62. The Morgan fingerprint density at radius 2 is 2.10 bits per heavy atom. The molecular formula is C16H22O4. The standard InChI is InChI=1S/C16H22O4/c1-4-6-8-16(18)20-14-10-12(3)9-13(11-14)19-15(17)7-5-2/h4,9-11,15,17H,1,5-8H2,2-3H3. The van der Waals surface area contributed by atoms with Gasteiger partial charge in [0.05, 0.1) is 0 Å². The molecule has 0 saturated heterocycles. The van der Waals surface area contributed by atoms with Gasteiger partial charge in [-0.3, -0.25) is 4.79 Å². The van der Waals surface area contributed by atoms with E-state index in [2.05, 4.69) is 6.58 Å². The zero-order valence-electron chi connectivity index (χ0n) is 12.1. The van der Waals surface area contributed by atoms with Crippen LogP contribution in [0, 0.1) is 6.92 Å². The third kappa shape index (κ3) is 5.89. The molecule has 0 aliphatic rings. The molecule has 0 radical (unpaired) electrons. The van der Waals surface area contributed by atoms with Crippen molar-refractivity contribution in [3.8, 4) is 11.5 Å². The molecule has 4 nitrogen and oxygen atoms in total. The number of aliphatic hydroxyl groups excluding tert-OH is 1. The van der Waals surface area contributed by atoms with E-state index in [9.17, 15) is 9.90 Å². The van der Waals surface area contributed by atoms with Gasteiger partial charge in [0.15, 0.2) is 6.29 Å². The van der Waals surface area contributed by atoms with E-state index >= 15 is 0 Å². The molecular weight excluding hydrogens is 256 g/mol. The van der Waals surface area contributed by atoms with Crippen LogP contribution >= 0.6 is 0 Å². The molecule has 0 spiro atoms. The predicted octanol–water partition coefficient (Wildman–Crippen LogP) is 3.36. The molecule has 0 heterocycles. The lowest BCUT2D eigenvalue weighted by molar-refractivity contribution is -0.134. The number of ether oxygens (including phenoxy) is 2. The normalized spacial score (nSPS) is 11.8. The van der Waals surface area contributed by atoms with Gasteiger partial charge in [0, 0.05) is 18.9 Å². The number of carbonyl (C=O) groups excluding carboxylic acids is 1. The molecule has 110 valence electrons. The van der Waals surface area contributed by atoms with E-state index in [0.29, 0.717) is 30.8 Å². The van der Waals surface area contributed by atoms with Crippen molar-refractivity contribution in [2.24, 2.45) is 0 Å². The number of rotatable bonds is 8. The quantitative estimate of drug-likeness (QED) is 0.343. The van der Waals surface area contributed by atoms with Gasteiger partial charge in [0.2, 0.25) is 0 Å². The van der Waals surface area contributed by atoms with E-state index in [1.807, 2.05) is 13.8 Å². The average Bonchev–Trinajstić information content (AvgIpc) is 2.35. The molecule has 1 N–H and O–H groups in total. The highest BCUT2D eigenvalue weighted by Gasteiger charge is 2.09. The Morgan fingerprint density at radius 3 is 2.75 bits per heavy atom. The summed E-state index contributed by atoms with van der Waals surface area (Å²) < 4.78 is 10.6. The molecule has 1 atom stereocenters. The number of hydrogen-bond acceptors (Lipinski definition) is 4. The monoisotopic (exact) mass is 278 g/mol. The zero-order chi connectivity index (χ0) is 15.0. The summed E-state index contributed by atoms with van der Waals surface area (Å²) in [6.45, 7) is 7.41. The minimum Gasteiger partial charge on any atom is -0.465 e. The Balaban J connectivity index is 2.70. The number of benzene rings is 1. The number of esters is 1. The van der Waals surface area contributed by atoms with Gasteiger partial charge in [-0.1, -0.05) is 19.4 Å². The van der Waals surface area contributed by atoms with Crippen molar-refractivity contribution >= 4 is 5.97 Å². The van der Waals surface area contributed by atoms with Crippen molar-refractivity contribution in [2.75, 3.05) is 0 Å². The van der Waals surface area contributed by atoms with Gasteiger partial charge in [-0.2, -0.15) is 0 Å². The fourth-order valence-corrected chi connectivity index (χ4v) is 1.71. The minimum atomic E-state index is -0.842. The smallest absolute Gasteiger partial charge is 0.311 e. The van der Waals surface area contributed by atoms with Gasteiger partial charge in [0.1, 0.15) is 11.5 Å². The lowest BCUT2D eigenvalue weighted by Crippen LogP contribution is -2.15. The summed E-state index contributed by atoms with van der Waals surface area (Å²) in [7, 11) is 0. The molecule has 0 aliphatic heterocycles. The fraction of sp³-hybridized carbons (Fsp3) is 0.438. The summed E-state index contributed by atoms with van der Waals surface area (Å²) in [4.78, 5) is 11.6. The first kappa shape index (κ1) is 16.2. The minimum absolute atomic E-state index is 0.298. The van der Waals surface area contributed by atoms with Crippen molar-refractivity contribution in [2.45, 2.75) is 45.8 Å². The first-order valence-electron chi connectivity index (χ1n) is 6.83. The summed E-state index contributed by atoms with van der Waals surface area (Å²) in [6, 6.07) is 5.16. The summed E-state index contributed by atoms with van der Waals surface area (Å²) in [5, 5.41) is 9.64. The van der Waals surface area contributed by atoms with Crippen LogP contribution < -0.4 is 9.47 Å². The maximum absolute atomic E-state index is 11.6. The number of aryl methyl sites for hydroxylation is 1. The predicted molar refractivity (Wildman–Crippen MR) is 77.8 cm³/mol. The van der Waals surface area contributed by atoms with Crippen molar-refractivity contribution in [1.29, 1.82) is 0 Å². The molecule has 4 heteroatoms. The van der Waals surface area contributed by atoms with E-state index in [1.54, 1.807) is 24.3 Å². The highest BCUT2D eigenvalue weighted by molar-refractivity contribution is 5.72. The highest BCUT2D eigenvalue weighted by atomic mass is 16.6. The molecule has 0 bridgehead atoms. The van der Waals surface area contributed by atoms with Crippen LogP contribution in [-0.2, 0) is 4.79 Å². The van der Waals surface area contributed by atoms with Gasteiger partial charge < -0.3 is 14.6 Å². The Bertz CT molecular complexity index is 454. The summed E-state index contributed by atoms with van der Waals surface area (Å²) in [5.74, 6) is 0.616. The highest BCUT2D eigenvalue weighted by Crippen LogP contribution is 2.24. The lowest BCUT2D eigenvalue weighted by Gasteiger charge is -2.14. The molecule has 0 fully saturated rings. The maximum atomic E-state index is 11.6. The molecule has 0 amide bonds. The first-order chi connectivity index (χ1) is 9.55. The molecule has 0 saturated carbocycles. The fourth-order valence-electron chi connectivity index (χ4n) is 1.71. The van der Waals surface area contributed by atoms with E-state index in [0.717, 1.165) is 12.0 Å². The van der Waals surface area contributed by atoms with E-state index < -0.39 is 6.29 Å². The lowest BCUT2D eigenvalue weighted by atomic mass is 10.2. The largest absolute Gasteiger partial charge is 0.465 e. The van der Waals surface area contributed by atoms with Crippen LogP contribution in [0.4, 0.5) is 0 Å². The van der Waals surface area contributed by atoms with Gasteiger partial charge in [-0.05, 0) is 31.0 Å².